The Hall–Kier alpha value is -2.63. The SMILES string of the molecule is CC(C)(C)c1cc(C(=O)Nc2ccc(CC(=O)O)cc2)n[nH]1. The van der Waals surface area contributed by atoms with Crippen molar-refractivity contribution in [3.63, 3.8) is 0 Å². The molecule has 1 aromatic heterocycles. The van der Waals surface area contributed by atoms with Gasteiger partial charge in [0, 0.05) is 16.8 Å². The first-order valence-electron chi connectivity index (χ1n) is 6.93. The lowest BCUT2D eigenvalue weighted by Gasteiger charge is -2.14. The number of aromatic amines is 1. The second-order valence-corrected chi connectivity index (χ2v) is 6.14. The van der Waals surface area contributed by atoms with E-state index in [4.69, 9.17) is 5.11 Å². The van der Waals surface area contributed by atoms with Crippen molar-refractivity contribution in [3.05, 3.63) is 47.3 Å². The van der Waals surface area contributed by atoms with Gasteiger partial charge in [0.2, 0.25) is 0 Å². The summed E-state index contributed by atoms with van der Waals surface area (Å²) >= 11 is 0. The number of anilines is 1. The van der Waals surface area contributed by atoms with E-state index < -0.39 is 5.97 Å². The summed E-state index contributed by atoms with van der Waals surface area (Å²) in [7, 11) is 0. The first kappa shape index (κ1) is 15.8. The standard InChI is InChI=1S/C16H19N3O3/c1-16(2,3)13-9-12(18-19-13)15(22)17-11-6-4-10(5-7-11)8-14(20)21/h4-7,9H,8H2,1-3H3,(H,17,22)(H,18,19)(H,20,21). The predicted molar refractivity (Wildman–Crippen MR) is 83.0 cm³/mol. The van der Waals surface area contributed by atoms with Crippen molar-refractivity contribution in [2.45, 2.75) is 32.6 Å². The Morgan fingerprint density at radius 3 is 2.36 bits per heavy atom. The lowest BCUT2D eigenvalue weighted by atomic mass is 9.92. The Morgan fingerprint density at radius 1 is 1.23 bits per heavy atom. The van der Waals surface area contributed by atoms with Gasteiger partial charge in [0.25, 0.3) is 5.91 Å². The van der Waals surface area contributed by atoms with Gasteiger partial charge in [-0.2, -0.15) is 5.10 Å². The topological polar surface area (TPSA) is 95.1 Å². The molecule has 3 N–H and O–H groups in total. The summed E-state index contributed by atoms with van der Waals surface area (Å²) < 4.78 is 0. The average molecular weight is 301 g/mol. The van der Waals surface area contributed by atoms with E-state index in [-0.39, 0.29) is 17.7 Å². The van der Waals surface area contributed by atoms with E-state index in [0.29, 0.717) is 16.9 Å². The first-order chi connectivity index (χ1) is 10.3. The second-order valence-electron chi connectivity index (χ2n) is 6.14. The first-order valence-corrected chi connectivity index (χ1v) is 6.93. The summed E-state index contributed by atoms with van der Waals surface area (Å²) in [5, 5.41) is 18.3. The maximum absolute atomic E-state index is 12.1. The van der Waals surface area contributed by atoms with Gasteiger partial charge in [-0.05, 0) is 23.8 Å². The third kappa shape index (κ3) is 3.94. The summed E-state index contributed by atoms with van der Waals surface area (Å²) in [6.45, 7) is 6.09. The number of hydrogen-bond donors (Lipinski definition) is 3. The number of amides is 1. The van der Waals surface area contributed by atoms with Crippen LogP contribution < -0.4 is 5.32 Å². The molecule has 0 atom stereocenters. The molecule has 0 unspecified atom stereocenters. The Bertz CT molecular complexity index is 681. The molecule has 0 bridgehead atoms. The molecule has 2 aromatic rings. The number of carbonyl (C=O) groups is 2. The second kappa shape index (κ2) is 6.01. The highest BCUT2D eigenvalue weighted by atomic mass is 16.4. The van der Waals surface area contributed by atoms with E-state index in [1.54, 1.807) is 30.3 Å². The number of nitrogens with zero attached hydrogens (tertiary/aromatic N) is 1. The zero-order valence-electron chi connectivity index (χ0n) is 12.8. The quantitative estimate of drug-likeness (QED) is 0.809. The number of rotatable bonds is 4. The number of benzene rings is 1. The van der Waals surface area contributed by atoms with Crippen molar-refractivity contribution >= 4 is 17.6 Å². The van der Waals surface area contributed by atoms with E-state index in [1.165, 1.54) is 0 Å². The average Bonchev–Trinajstić information content (AvgIpc) is 2.90. The van der Waals surface area contributed by atoms with Crippen molar-refractivity contribution in [2.75, 3.05) is 5.32 Å². The van der Waals surface area contributed by atoms with E-state index in [9.17, 15) is 9.59 Å². The summed E-state index contributed by atoms with van der Waals surface area (Å²) in [5.41, 5.74) is 2.37. The number of aromatic nitrogens is 2. The van der Waals surface area contributed by atoms with Crippen LogP contribution in [0.5, 0.6) is 0 Å². The van der Waals surface area contributed by atoms with Crippen LogP contribution in [-0.4, -0.2) is 27.2 Å². The number of hydrogen-bond acceptors (Lipinski definition) is 3. The Balaban J connectivity index is 2.05. The monoisotopic (exact) mass is 301 g/mol. The van der Waals surface area contributed by atoms with Gasteiger partial charge >= 0.3 is 5.97 Å². The molecule has 0 saturated carbocycles. The molecule has 0 spiro atoms. The maximum atomic E-state index is 12.1. The normalized spacial score (nSPS) is 11.2. The van der Waals surface area contributed by atoms with E-state index in [0.717, 1.165) is 5.69 Å². The van der Waals surface area contributed by atoms with Crippen LogP contribution in [0, 0.1) is 0 Å². The minimum atomic E-state index is -0.886. The Labute approximate surface area is 128 Å². The largest absolute Gasteiger partial charge is 0.481 e. The number of carboxylic acids is 1. The fourth-order valence-corrected chi connectivity index (χ4v) is 1.90. The van der Waals surface area contributed by atoms with Crippen molar-refractivity contribution in [1.82, 2.24) is 10.2 Å². The molecular weight excluding hydrogens is 282 g/mol. The van der Waals surface area contributed by atoms with E-state index >= 15 is 0 Å². The third-order valence-electron chi connectivity index (χ3n) is 3.19. The molecule has 0 aliphatic rings. The Morgan fingerprint density at radius 2 is 1.86 bits per heavy atom. The van der Waals surface area contributed by atoms with Crippen LogP contribution in [0.4, 0.5) is 5.69 Å². The molecule has 6 heteroatoms. The molecule has 22 heavy (non-hydrogen) atoms. The van der Waals surface area contributed by atoms with Crippen molar-refractivity contribution in [3.8, 4) is 0 Å². The zero-order valence-corrected chi connectivity index (χ0v) is 12.8. The summed E-state index contributed by atoms with van der Waals surface area (Å²) in [5.74, 6) is -1.19. The van der Waals surface area contributed by atoms with Crippen LogP contribution in [0.1, 0.15) is 42.5 Å². The van der Waals surface area contributed by atoms with Gasteiger partial charge in [-0.1, -0.05) is 32.9 Å². The molecule has 0 fully saturated rings. The van der Waals surface area contributed by atoms with Crippen molar-refractivity contribution in [2.24, 2.45) is 0 Å². The highest BCUT2D eigenvalue weighted by molar-refractivity contribution is 6.02. The summed E-state index contributed by atoms with van der Waals surface area (Å²) in [6.07, 6.45) is -0.0392. The Kier molecular flexibility index (Phi) is 4.30. The summed E-state index contributed by atoms with van der Waals surface area (Å²) in [6, 6.07) is 8.43. The number of carbonyl (C=O) groups excluding carboxylic acids is 1. The van der Waals surface area contributed by atoms with Gasteiger partial charge in [0.1, 0.15) is 0 Å². The van der Waals surface area contributed by atoms with Crippen LogP contribution in [0.15, 0.2) is 30.3 Å². The van der Waals surface area contributed by atoms with Gasteiger partial charge in [-0.25, -0.2) is 0 Å². The minimum absolute atomic E-state index is 0.0392. The fraction of sp³-hybridized carbons (Fsp3) is 0.312. The molecule has 1 heterocycles. The highest BCUT2D eigenvalue weighted by Crippen LogP contribution is 2.20. The van der Waals surface area contributed by atoms with Gasteiger partial charge in [0.15, 0.2) is 5.69 Å². The molecular formula is C16H19N3O3. The van der Waals surface area contributed by atoms with Gasteiger partial charge in [-0.15, -0.1) is 0 Å². The van der Waals surface area contributed by atoms with Crippen LogP contribution in [0.3, 0.4) is 0 Å². The molecule has 116 valence electrons. The molecule has 0 aliphatic carbocycles. The van der Waals surface area contributed by atoms with Gasteiger partial charge in [0.05, 0.1) is 6.42 Å². The molecule has 2 rings (SSSR count). The smallest absolute Gasteiger partial charge is 0.307 e. The lowest BCUT2D eigenvalue weighted by Crippen LogP contribution is -2.13. The number of aliphatic carboxylic acids is 1. The molecule has 0 saturated heterocycles. The minimum Gasteiger partial charge on any atom is -0.481 e. The number of nitrogens with one attached hydrogen (secondary N) is 2. The van der Waals surface area contributed by atoms with Crippen LogP contribution in [0.25, 0.3) is 0 Å². The number of carboxylic acid groups (broad SMARTS) is 1. The molecule has 0 radical (unpaired) electrons. The van der Waals surface area contributed by atoms with E-state index in [2.05, 4.69) is 15.5 Å². The van der Waals surface area contributed by atoms with Crippen molar-refractivity contribution < 1.29 is 14.7 Å². The molecule has 0 aliphatic heterocycles. The molecule has 1 aromatic carbocycles. The fourth-order valence-electron chi connectivity index (χ4n) is 1.90. The third-order valence-corrected chi connectivity index (χ3v) is 3.19. The summed E-state index contributed by atoms with van der Waals surface area (Å²) in [4.78, 5) is 22.7. The molecule has 1 amide bonds. The van der Waals surface area contributed by atoms with Gasteiger partial charge in [-0.3, -0.25) is 14.7 Å². The van der Waals surface area contributed by atoms with Crippen LogP contribution in [0.2, 0.25) is 0 Å². The van der Waals surface area contributed by atoms with Gasteiger partial charge < -0.3 is 10.4 Å². The predicted octanol–water partition coefficient (Wildman–Crippen LogP) is 2.59. The molecule has 6 nitrogen and oxygen atoms in total. The maximum Gasteiger partial charge on any atom is 0.307 e. The number of H-pyrrole nitrogens is 1. The van der Waals surface area contributed by atoms with Crippen LogP contribution in [-0.2, 0) is 16.6 Å². The zero-order chi connectivity index (χ0) is 16.3. The van der Waals surface area contributed by atoms with E-state index in [1.807, 2.05) is 20.8 Å². The van der Waals surface area contributed by atoms with Crippen molar-refractivity contribution in [1.29, 1.82) is 0 Å². The lowest BCUT2D eigenvalue weighted by molar-refractivity contribution is -0.136. The highest BCUT2D eigenvalue weighted by Gasteiger charge is 2.19. The van der Waals surface area contributed by atoms with Crippen LogP contribution >= 0.6 is 0 Å².